The predicted molar refractivity (Wildman–Crippen MR) is 58.1 cm³/mol. The molecular weight excluding hydrogens is 228 g/mol. The van der Waals surface area contributed by atoms with Crippen molar-refractivity contribution in [3.63, 3.8) is 0 Å². The van der Waals surface area contributed by atoms with Crippen molar-refractivity contribution in [2.75, 3.05) is 0 Å². The van der Waals surface area contributed by atoms with Crippen LogP contribution in [-0.4, -0.2) is 4.57 Å². The monoisotopic (exact) mass is 239 g/mol. The lowest BCUT2D eigenvalue weighted by atomic mass is 10.0. The third kappa shape index (κ3) is 1.49. The molecule has 0 saturated heterocycles. The highest BCUT2D eigenvalue weighted by molar-refractivity contribution is 5.73. The van der Waals surface area contributed by atoms with Crippen LogP contribution in [0.15, 0.2) is 27.4 Å². The molecule has 0 aliphatic heterocycles. The molecule has 3 rings (SSSR count). The normalized spacial score (nSPS) is 16.6. The molecule has 1 aromatic heterocycles. The lowest BCUT2D eigenvalue weighted by Crippen LogP contribution is -2.15. The molecule has 1 saturated carbocycles. The fourth-order valence-corrected chi connectivity index (χ4v) is 2.02. The van der Waals surface area contributed by atoms with E-state index in [-0.39, 0.29) is 11.1 Å². The van der Waals surface area contributed by atoms with Crippen LogP contribution in [0.4, 0.5) is 8.78 Å². The average molecular weight is 239 g/mol. The Balaban J connectivity index is 2.16. The van der Waals surface area contributed by atoms with Gasteiger partial charge in [-0.15, -0.1) is 0 Å². The Morgan fingerprint density at radius 2 is 2.12 bits per heavy atom. The van der Waals surface area contributed by atoms with Gasteiger partial charge in [0.05, 0.1) is 5.52 Å². The number of halogens is 2. The highest BCUT2D eigenvalue weighted by Crippen LogP contribution is 2.49. The summed E-state index contributed by atoms with van der Waals surface area (Å²) in [6.07, 6.45) is 1.12. The maximum absolute atomic E-state index is 13.8. The van der Waals surface area contributed by atoms with Crippen LogP contribution in [0.2, 0.25) is 0 Å². The van der Waals surface area contributed by atoms with E-state index >= 15 is 0 Å². The summed E-state index contributed by atoms with van der Waals surface area (Å²) in [6, 6.07) is 4.15. The van der Waals surface area contributed by atoms with Gasteiger partial charge in [-0.25, -0.2) is 13.6 Å². The summed E-state index contributed by atoms with van der Waals surface area (Å²) in [5.74, 6) is -3.91. The molecule has 1 aliphatic rings. The lowest BCUT2D eigenvalue weighted by molar-refractivity contribution is -0.0284. The van der Waals surface area contributed by atoms with Gasteiger partial charge in [-0.2, -0.15) is 0 Å². The molecule has 1 heterocycles. The standard InChI is InChI=1S/C12H11F2NO2/c1-15-9-5-4-8(6-10(9)17-11(15)16)12(13,14)7-2-3-7/h4-7H,2-3H2,1H3. The molecule has 2 aromatic rings. The molecule has 3 nitrogen and oxygen atoms in total. The number of oxazole rings is 1. The number of fused-ring (bicyclic) bond motifs is 1. The number of rotatable bonds is 2. The van der Waals surface area contributed by atoms with Crippen LogP contribution < -0.4 is 5.76 Å². The van der Waals surface area contributed by atoms with E-state index in [0.717, 1.165) is 0 Å². The van der Waals surface area contributed by atoms with Gasteiger partial charge in [-0.1, -0.05) is 6.07 Å². The summed E-state index contributed by atoms with van der Waals surface area (Å²) in [6.45, 7) is 0. The van der Waals surface area contributed by atoms with Crippen LogP contribution >= 0.6 is 0 Å². The van der Waals surface area contributed by atoms with Crippen LogP contribution in [0.3, 0.4) is 0 Å². The summed E-state index contributed by atoms with van der Waals surface area (Å²) in [5, 5.41) is 0. The summed E-state index contributed by atoms with van der Waals surface area (Å²) < 4.78 is 33.9. The van der Waals surface area contributed by atoms with Crippen LogP contribution in [0.5, 0.6) is 0 Å². The quantitative estimate of drug-likeness (QED) is 0.807. The first kappa shape index (κ1) is 10.5. The minimum Gasteiger partial charge on any atom is -0.408 e. The fourth-order valence-electron chi connectivity index (χ4n) is 2.02. The number of alkyl halides is 2. The second kappa shape index (κ2) is 3.18. The molecule has 1 fully saturated rings. The van der Waals surface area contributed by atoms with Gasteiger partial charge < -0.3 is 4.42 Å². The van der Waals surface area contributed by atoms with Crippen LogP contribution in [-0.2, 0) is 13.0 Å². The minimum atomic E-state index is -2.82. The molecule has 0 amide bonds. The van der Waals surface area contributed by atoms with Crippen molar-refractivity contribution in [1.82, 2.24) is 4.57 Å². The zero-order valence-electron chi connectivity index (χ0n) is 9.24. The minimum absolute atomic E-state index is 0.0677. The first-order valence-corrected chi connectivity index (χ1v) is 5.48. The van der Waals surface area contributed by atoms with E-state index in [1.807, 2.05) is 0 Å². The molecular formula is C12H11F2NO2. The largest absolute Gasteiger partial charge is 0.419 e. The highest BCUT2D eigenvalue weighted by Gasteiger charge is 2.48. The van der Waals surface area contributed by atoms with E-state index in [1.54, 1.807) is 7.05 Å². The van der Waals surface area contributed by atoms with Gasteiger partial charge in [0.25, 0.3) is 5.92 Å². The zero-order valence-corrected chi connectivity index (χ0v) is 9.24. The lowest BCUT2D eigenvalue weighted by Gasteiger charge is -2.15. The Bertz CT molecular complexity index is 637. The molecule has 0 spiro atoms. The van der Waals surface area contributed by atoms with E-state index in [1.165, 1.54) is 22.8 Å². The second-order valence-electron chi connectivity index (χ2n) is 4.51. The fraction of sp³-hybridized carbons (Fsp3) is 0.417. The molecule has 90 valence electrons. The van der Waals surface area contributed by atoms with E-state index in [9.17, 15) is 13.6 Å². The third-order valence-electron chi connectivity index (χ3n) is 3.27. The average Bonchev–Trinajstić information content (AvgIpc) is 3.08. The third-order valence-corrected chi connectivity index (χ3v) is 3.27. The van der Waals surface area contributed by atoms with E-state index in [0.29, 0.717) is 18.4 Å². The van der Waals surface area contributed by atoms with Gasteiger partial charge in [-0.05, 0) is 25.0 Å². The van der Waals surface area contributed by atoms with Crippen molar-refractivity contribution in [2.45, 2.75) is 18.8 Å². The predicted octanol–water partition coefficient (Wildman–Crippen LogP) is 2.63. The van der Waals surface area contributed by atoms with Gasteiger partial charge in [0.2, 0.25) is 0 Å². The topological polar surface area (TPSA) is 35.1 Å². The van der Waals surface area contributed by atoms with E-state index < -0.39 is 17.6 Å². The van der Waals surface area contributed by atoms with Crippen molar-refractivity contribution in [1.29, 1.82) is 0 Å². The summed E-state index contributed by atoms with van der Waals surface area (Å²) in [5.41, 5.74) is 0.683. The van der Waals surface area contributed by atoms with Gasteiger partial charge in [-0.3, -0.25) is 4.57 Å². The van der Waals surface area contributed by atoms with Gasteiger partial charge in [0.1, 0.15) is 0 Å². The second-order valence-corrected chi connectivity index (χ2v) is 4.51. The zero-order chi connectivity index (χ0) is 12.2. The Labute approximate surface area is 95.6 Å². The Morgan fingerprint density at radius 1 is 1.41 bits per heavy atom. The molecule has 5 heteroatoms. The Morgan fingerprint density at radius 3 is 2.76 bits per heavy atom. The van der Waals surface area contributed by atoms with Crippen molar-refractivity contribution >= 4 is 11.1 Å². The number of nitrogens with zero attached hydrogens (tertiary/aromatic N) is 1. The van der Waals surface area contributed by atoms with Crippen molar-refractivity contribution < 1.29 is 13.2 Å². The van der Waals surface area contributed by atoms with Gasteiger partial charge in [0.15, 0.2) is 5.58 Å². The maximum Gasteiger partial charge on any atom is 0.419 e. The first-order chi connectivity index (χ1) is 8.00. The number of hydrogen-bond acceptors (Lipinski definition) is 2. The summed E-state index contributed by atoms with van der Waals surface area (Å²) in [4.78, 5) is 11.3. The molecule has 1 aliphatic carbocycles. The highest BCUT2D eigenvalue weighted by atomic mass is 19.3. The molecule has 17 heavy (non-hydrogen) atoms. The SMILES string of the molecule is Cn1c(=O)oc2cc(C(F)(F)C3CC3)ccc21. The van der Waals surface area contributed by atoms with Crippen molar-refractivity contribution in [3.05, 3.63) is 34.3 Å². The number of aryl methyl sites for hydroxylation is 1. The van der Waals surface area contributed by atoms with Crippen LogP contribution in [0.1, 0.15) is 18.4 Å². The van der Waals surface area contributed by atoms with E-state index in [2.05, 4.69) is 0 Å². The van der Waals surface area contributed by atoms with Crippen molar-refractivity contribution in [2.24, 2.45) is 13.0 Å². The molecule has 0 atom stereocenters. The first-order valence-electron chi connectivity index (χ1n) is 5.48. The van der Waals surface area contributed by atoms with Gasteiger partial charge in [0, 0.05) is 18.5 Å². The van der Waals surface area contributed by atoms with E-state index in [4.69, 9.17) is 4.42 Å². The smallest absolute Gasteiger partial charge is 0.408 e. The Kier molecular flexibility index (Phi) is 1.97. The number of benzene rings is 1. The molecule has 0 N–H and O–H groups in total. The van der Waals surface area contributed by atoms with Crippen LogP contribution in [0.25, 0.3) is 11.1 Å². The maximum atomic E-state index is 13.8. The van der Waals surface area contributed by atoms with Crippen LogP contribution in [0, 0.1) is 5.92 Å². The van der Waals surface area contributed by atoms with Crippen molar-refractivity contribution in [3.8, 4) is 0 Å². The molecule has 0 bridgehead atoms. The number of aromatic nitrogens is 1. The number of hydrogen-bond donors (Lipinski definition) is 0. The molecule has 1 aromatic carbocycles. The van der Waals surface area contributed by atoms with Gasteiger partial charge >= 0.3 is 5.76 Å². The molecule has 0 unspecified atom stereocenters. The molecule has 0 radical (unpaired) electrons. The Hall–Kier alpha value is -1.65. The summed E-state index contributed by atoms with van der Waals surface area (Å²) >= 11 is 0. The summed E-state index contributed by atoms with van der Waals surface area (Å²) in [7, 11) is 1.55.